The summed E-state index contributed by atoms with van der Waals surface area (Å²) in [6, 6.07) is -0.707. The Kier molecular flexibility index (Phi) is 3.34. The maximum Gasteiger partial charge on any atom is 0.324 e. The number of hydrogen-bond acceptors (Lipinski definition) is 4. The van der Waals surface area contributed by atoms with Gasteiger partial charge in [0, 0.05) is 0 Å². The molecular formula is C10H17NO4. The Morgan fingerprint density at radius 1 is 1.40 bits per heavy atom. The lowest BCUT2D eigenvalue weighted by Gasteiger charge is -2.23. The van der Waals surface area contributed by atoms with E-state index in [2.05, 4.69) is 5.32 Å². The van der Waals surface area contributed by atoms with Gasteiger partial charge in [-0.15, -0.1) is 0 Å². The maximum absolute atomic E-state index is 11.6. The molecule has 0 aliphatic carbocycles. The van der Waals surface area contributed by atoms with Gasteiger partial charge in [-0.25, -0.2) is 0 Å². The van der Waals surface area contributed by atoms with Crippen LogP contribution in [0.25, 0.3) is 0 Å². The van der Waals surface area contributed by atoms with E-state index < -0.39 is 29.5 Å². The SMILES string of the molecule is CC(C)(C)OC(=O)[C@@H]1NCC[C@H]1C(=O)O. The highest BCUT2D eigenvalue weighted by Crippen LogP contribution is 2.19. The van der Waals surface area contributed by atoms with E-state index in [1.54, 1.807) is 20.8 Å². The molecule has 15 heavy (non-hydrogen) atoms. The zero-order valence-corrected chi connectivity index (χ0v) is 9.24. The number of nitrogens with one attached hydrogen (secondary N) is 1. The Hall–Kier alpha value is -1.10. The molecule has 1 fully saturated rings. The largest absolute Gasteiger partial charge is 0.481 e. The highest BCUT2D eigenvalue weighted by molar-refractivity contribution is 5.84. The highest BCUT2D eigenvalue weighted by atomic mass is 16.6. The quantitative estimate of drug-likeness (QED) is 0.652. The molecule has 1 aliphatic heterocycles. The average Bonchev–Trinajstić information content (AvgIpc) is 2.47. The summed E-state index contributed by atoms with van der Waals surface area (Å²) < 4.78 is 5.14. The first-order valence-corrected chi connectivity index (χ1v) is 5.00. The smallest absolute Gasteiger partial charge is 0.324 e. The molecule has 0 aromatic rings. The average molecular weight is 215 g/mol. The Bertz CT molecular complexity index is 269. The van der Waals surface area contributed by atoms with E-state index >= 15 is 0 Å². The van der Waals surface area contributed by atoms with Crippen LogP contribution in [0, 0.1) is 5.92 Å². The van der Waals surface area contributed by atoms with Crippen molar-refractivity contribution in [3.05, 3.63) is 0 Å². The van der Waals surface area contributed by atoms with Crippen LogP contribution in [0.2, 0.25) is 0 Å². The highest BCUT2D eigenvalue weighted by Gasteiger charge is 2.39. The predicted molar refractivity (Wildman–Crippen MR) is 53.4 cm³/mol. The molecule has 2 N–H and O–H groups in total. The Morgan fingerprint density at radius 2 is 2.00 bits per heavy atom. The van der Waals surface area contributed by atoms with Gasteiger partial charge in [0.15, 0.2) is 0 Å². The lowest BCUT2D eigenvalue weighted by Crippen LogP contribution is -2.42. The summed E-state index contributed by atoms with van der Waals surface area (Å²) in [4.78, 5) is 22.5. The third kappa shape index (κ3) is 3.20. The maximum atomic E-state index is 11.6. The number of hydrogen-bond donors (Lipinski definition) is 2. The monoisotopic (exact) mass is 215 g/mol. The van der Waals surface area contributed by atoms with Crippen LogP contribution in [0.1, 0.15) is 27.2 Å². The minimum absolute atomic E-state index is 0.471. The first kappa shape index (κ1) is 12.0. The minimum Gasteiger partial charge on any atom is -0.481 e. The molecule has 0 saturated carbocycles. The molecule has 5 heteroatoms. The number of carboxylic acids is 1. The van der Waals surface area contributed by atoms with Crippen LogP contribution < -0.4 is 5.32 Å². The number of aliphatic carboxylic acids is 1. The molecule has 0 aromatic carbocycles. The van der Waals surface area contributed by atoms with Crippen LogP contribution in [0.5, 0.6) is 0 Å². The third-order valence-electron chi connectivity index (χ3n) is 2.20. The fourth-order valence-corrected chi connectivity index (χ4v) is 1.58. The standard InChI is InChI=1S/C10H17NO4/c1-10(2,3)15-9(14)7-6(8(12)13)4-5-11-7/h6-7,11H,4-5H2,1-3H3,(H,12,13)/t6-,7-/m1/s1. The van der Waals surface area contributed by atoms with Crippen molar-refractivity contribution in [1.82, 2.24) is 5.32 Å². The second-order valence-corrected chi connectivity index (χ2v) is 4.70. The zero-order valence-electron chi connectivity index (χ0n) is 9.24. The van der Waals surface area contributed by atoms with Gasteiger partial charge in [0.2, 0.25) is 0 Å². The lowest BCUT2D eigenvalue weighted by atomic mass is 10.0. The van der Waals surface area contributed by atoms with Gasteiger partial charge in [0.05, 0.1) is 5.92 Å². The van der Waals surface area contributed by atoms with Crippen LogP contribution in [0.15, 0.2) is 0 Å². The molecule has 0 unspecified atom stereocenters. The molecule has 0 spiro atoms. The van der Waals surface area contributed by atoms with Crippen molar-refractivity contribution in [1.29, 1.82) is 0 Å². The van der Waals surface area contributed by atoms with Crippen molar-refractivity contribution < 1.29 is 19.4 Å². The molecule has 5 nitrogen and oxygen atoms in total. The van der Waals surface area contributed by atoms with Gasteiger partial charge in [-0.1, -0.05) is 0 Å². The van der Waals surface area contributed by atoms with Gasteiger partial charge in [-0.3, -0.25) is 9.59 Å². The number of esters is 1. The Morgan fingerprint density at radius 3 is 2.47 bits per heavy atom. The molecule has 2 atom stereocenters. The van der Waals surface area contributed by atoms with E-state index in [0.717, 1.165) is 0 Å². The van der Waals surface area contributed by atoms with E-state index in [4.69, 9.17) is 9.84 Å². The first-order chi connectivity index (χ1) is 6.81. The number of carbonyl (C=O) groups is 2. The van der Waals surface area contributed by atoms with Gasteiger partial charge in [-0.05, 0) is 33.7 Å². The Balaban J connectivity index is 2.63. The number of ether oxygens (including phenoxy) is 1. The summed E-state index contributed by atoms with van der Waals surface area (Å²) in [5.74, 6) is -2.09. The van der Waals surface area contributed by atoms with Crippen molar-refractivity contribution in [2.24, 2.45) is 5.92 Å². The molecule has 1 rings (SSSR count). The summed E-state index contributed by atoms with van der Waals surface area (Å²) in [5, 5.41) is 11.7. The van der Waals surface area contributed by atoms with E-state index in [-0.39, 0.29) is 0 Å². The molecule has 0 radical (unpaired) electrons. The van der Waals surface area contributed by atoms with E-state index in [9.17, 15) is 9.59 Å². The van der Waals surface area contributed by atoms with Gasteiger partial charge < -0.3 is 15.2 Å². The number of carboxylic acid groups (broad SMARTS) is 1. The minimum atomic E-state index is -0.948. The third-order valence-corrected chi connectivity index (χ3v) is 2.20. The second-order valence-electron chi connectivity index (χ2n) is 4.70. The van der Waals surface area contributed by atoms with Crippen LogP contribution in [-0.2, 0) is 14.3 Å². The van der Waals surface area contributed by atoms with E-state index in [0.29, 0.717) is 13.0 Å². The second kappa shape index (κ2) is 4.18. The normalized spacial score (nSPS) is 26.3. The lowest BCUT2D eigenvalue weighted by molar-refractivity contribution is -0.161. The summed E-state index contributed by atoms with van der Waals surface area (Å²) in [6.07, 6.45) is 0.471. The van der Waals surface area contributed by atoms with Gasteiger partial charge in [-0.2, -0.15) is 0 Å². The van der Waals surface area contributed by atoms with Crippen LogP contribution in [0.4, 0.5) is 0 Å². The van der Waals surface area contributed by atoms with Gasteiger partial charge in [0.25, 0.3) is 0 Å². The molecule has 1 heterocycles. The summed E-state index contributed by atoms with van der Waals surface area (Å²) in [6.45, 7) is 5.82. The van der Waals surface area contributed by atoms with Crippen LogP contribution in [0.3, 0.4) is 0 Å². The number of rotatable bonds is 2. The fraction of sp³-hybridized carbons (Fsp3) is 0.800. The summed E-state index contributed by atoms with van der Waals surface area (Å²) in [5.41, 5.74) is -0.579. The van der Waals surface area contributed by atoms with Crippen molar-refractivity contribution >= 4 is 11.9 Å². The molecular weight excluding hydrogens is 198 g/mol. The predicted octanol–water partition coefficient (Wildman–Crippen LogP) is 0.391. The van der Waals surface area contributed by atoms with Crippen molar-refractivity contribution in [3.8, 4) is 0 Å². The fourth-order valence-electron chi connectivity index (χ4n) is 1.58. The molecule has 0 amide bonds. The summed E-state index contributed by atoms with van der Waals surface area (Å²) in [7, 11) is 0. The van der Waals surface area contributed by atoms with Crippen LogP contribution >= 0.6 is 0 Å². The van der Waals surface area contributed by atoms with Crippen molar-refractivity contribution in [3.63, 3.8) is 0 Å². The van der Waals surface area contributed by atoms with Gasteiger partial charge in [0.1, 0.15) is 11.6 Å². The van der Waals surface area contributed by atoms with Crippen LogP contribution in [-0.4, -0.2) is 35.2 Å². The van der Waals surface area contributed by atoms with Gasteiger partial charge >= 0.3 is 11.9 Å². The molecule has 1 aliphatic rings. The van der Waals surface area contributed by atoms with E-state index in [1.165, 1.54) is 0 Å². The molecule has 0 aromatic heterocycles. The molecule has 0 bridgehead atoms. The zero-order chi connectivity index (χ0) is 11.6. The molecule has 1 saturated heterocycles. The molecule has 86 valence electrons. The van der Waals surface area contributed by atoms with Crippen molar-refractivity contribution in [2.75, 3.05) is 6.54 Å². The number of carbonyl (C=O) groups excluding carboxylic acids is 1. The van der Waals surface area contributed by atoms with E-state index in [1.807, 2.05) is 0 Å². The first-order valence-electron chi connectivity index (χ1n) is 5.00. The Labute approximate surface area is 88.8 Å². The summed E-state index contributed by atoms with van der Waals surface area (Å²) >= 11 is 0. The topological polar surface area (TPSA) is 75.6 Å². The van der Waals surface area contributed by atoms with Crippen molar-refractivity contribution in [2.45, 2.75) is 38.8 Å².